The lowest BCUT2D eigenvalue weighted by molar-refractivity contribution is 0.0854. The summed E-state index contributed by atoms with van der Waals surface area (Å²) in [5.74, 6) is 7.17. The molecule has 4 heteroatoms. The smallest absolute Gasteiger partial charge is 0.123 e. The Bertz CT molecular complexity index is 463. The first kappa shape index (κ1) is 12.9. The maximum absolute atomic E-state index is 5.96. The molecule has 4 atom stereocenters. The van der Waals surface area contributed by atoms with Crippen molar-refractivity contribution in [2.45, 2.75) is 44.4 Å². The van der Waals surface area contributed by atoms with Gasteiger partial charge in [0.25, 0.3) is 0 Å². The normalized spacial score (nSPS) is 30.6. The second kappa shape index (κ2) is 5.12. The van der Waals surface area contributed by atoms with Crippen LogP contribution < -0.4 is 16.0 Å². The van der Waals surface area contributed by atoms with Gasteiger partial charge in [0.1, 0.15) is 5.75 Å². The van der Waals surface area contributed by atoms with Gasteiger partial charge < -0.3 is 9.47 Å². The number of hydrogen-bond donors (Lipinski definition) is 2. The predicted molar refractivity (Wildman–Crippen MR) is 73.8 cm³/mol. The summed E-state index contributed by atoms with van der Waals surface area (Å²) in [5, 5.41) is 0. The van der Waals surface area contributed by atoms with Gasteiger partial charge in [-0.2, -0.15) is 0 Å². The van der Waals surface area contributed by atoms with Crippen LogP contribution in [0, 0.1) is 12.8 Å². The number of nitrogens with two attached hydrogens (primary N) is 1. The van der Waals surface area contributed by atoms with E-state index < -0.39 is 0 Å². The maximum atomic E-state index is 5.96. The summed E-state index contributed by atoms with van der Waals surface area (Å²) >= 11 is 0. The Hall–Kier alpha value is -1.10. The first-order chi connectivity index (χ1) is 9.22. The van der Waals surface area contributed by atoms with E-state index in [1.165, 1.54) is 12.0 Å². The molecule has 0 aliphatic carbocycles. The van der Waals surface area contributed by atoms with Crippen molar-refractivity contribution in [3.63, 3.8) is 0 Å². The molecule has 2 fully saturated rings. The van der Waals surface area contributed by atoms with E-state index in [4.69, 9.17) is 15.3 Å². The van der Waals surface area contributed by atoms with Crippen molar-refractivity contribution < 1.29 is 9.47 Å². The van der Waals surface area contributed by atoms with Crippen LogP contribution in [-0.4, -0.2) is 19.3 Å². The SMILES string of the molecule is COc1ccc(C)cc1C(NN)C1CC2CCC1O2. The zero-order valence-corrected chi connectivity index (χ0v) is 11.6. The van der Waals surface area contributed by atoms with E-state index in [-0.39, 0.29) is 6.04 Å². The van der Waals surface area contributed by atoms with E-state index in [1.807, 2.05) is 6.07 Å². The third kappa shape index (κ3) is 2.24. The number of benzene rings is 1. The van der Waals surface area contributed by atoms with Crippen molar-refractivity contribution in [1.29, 1.82) is 0 Å². The molecule has 1 aromatic carbocycles. The van der Waals surface area contributed by atoms with Crippen LogP contribution in [0.25, 0.3) is 0 Å². The molecule has 0 spiro atoms. The molecule has 1 aromatic rings. The summed E-state index contributed by atoms with van der Waals surface area (Å²) in [6.45, 7) is 2.09. The summed E-state index contributed by atoms with van der Waals surface area (Å²) in [4.78, 5) is 0. The van der Waals surface area contributed by atoms with Gasteiger partial charge in [0.2, 0.25) is 0 Å². The fourth-order valence-corrected chi connectivity index (χ4v) is 3.57. The van der Waals surface area contributed by atoms with Gasteiger partial charge in [-0.15, -0.1) is 0 Å². The molecule has 0 radical (unpaired) electrons. The molecule has 104 valence electrons. The van der Waals surface area contributed by atoms with Crippen molar-refractivity contribution in [3.8, 4) is 5.75 Å². The second-order valence-electron chi connectivity index (χ2n) is 5.66. The summed E-state index contributed by atoms with van der Waals surface area (Å²) in [5.41, 5.74) is 5.35. The molecule has 4 unspecified atom stereocenters. The Morgan fingerprint density at radius 3 is 2.84 bits per heavy atom. The van der Waals surface area contributed by atoms with Crippen LogP contribution >= 0.6 is 0 Å². The van der Waals surface area contributed by atoms with Crippen LogP contribution in [0.3, 0.4) is 0 Å². The molecule has 4 nitrogen and oxygen atoms in total. The monoisotopic (exact) mass is 262 g/mol. The molecule has 2 aliphatic heterocycles. The van der Waals surface area contributed by atoms with Crippen molar-refractivity contribution in [3.05, 3.63) is 29.3 Å². The highest BCUT2D eigenvalue weighted by Gasteiger charge is 2.45. The molecule has 2 heterocycles. The third-order valence-electron chi connectivity index (χ3n) is 4.48. The van der Waals surface area contributed by atoms with Crippen molar-refractivity contribution in [1.82, 2.24) is 5.43 Å². The van der Waals surface area contributed by atoms with Gasteiger partial charge >= 0.3 is 0 Å². The molecule has 2 bridgehead atoms. The van der Waals surface area contributed by atoms with E-state index in [2.05, 4.69) is 24.5 Å². The van der Waals surface area contributed by atoms with Crippen molar-refractivity contribution >= 4 is 0 Å². The zero-order valence-electron chi connectivity index (χ0n) is 11.6. The number of ether oxygens (including phenoxy) is 2. The number of hydrazine groups is 1. The Balaban J connectivity index is 1.91. The molecule has 2 saturated heterocycles. The average molecular weight is 262 g/mol. The molecule has 0 amide bonds. The fourth-order valence-electron chi connectivity index (χ4n) is 3.57. The van der Waals surface area contributed by atoms with Gasteiger partial charge in [-0.25, -0.2) is 0 Å². The molecule has 0 aromatic heterocycles. The van der Waals surface area contributed by atoms with Gasteiger partial charge in [0, 0.05) is 11.5 Å². The second-order valence-corrected chi connectivity index (χ2v) is 5.66. The Morgan fingerprint density at radius 2 is 2.26 bits per heavy atom. The largest absolute Gasteiger partial charge is 0.496 e. The first-order valence-corrected chi connectivity index (χ1v) is 6.99. The molecular weight excluding hydrogens is 240 g/mol. The highest BCUT2D eigenvalue weighted by atomic mass is 16.5. The minimum atomic E-state index is 0.102. The van der Waals surface area contributed by atoms with E-state index in [1.54, 1.807) is 7.11 Å². The number of nitrogens with one attached hydrogen (secondary N) is 1. The summed E-state index contributed by atoms with van der Waals surface area (Å²) in [6.07, 6.45) is 4.22. The van der Waals surface area contributed by atoms with Gasteiger partial charge in [-0.3, -0.25) is 11.3 Å². The van der Waals surface area contributed by atoms with E-state index in [0.717, 1.165) is 24.2 Å². The van der Waals surface area contributed by atoms with Gasteiger partial charge in [0.05, 0.1) is 25.4 Å². The van der Waals surface area contributed by atoms with Crippen LogP contribution in [0.2, 0.25) is 0 Å². The number of rotatable bonds is 4. The predicted octanol–water partition coefficient (Wildman–Crippen LogP) is 2.08. The Morgan fingerprint density at radius 1 is 1.42 bits per heavy atom. The highest BCUT2D eigenvalue weighted by Crippen LogP contribution is 2.46. The molecule has 19 heavy (non-hydrogen) atoms. The van der Waals surface area contributed by atoms with E-state index in [0.29, 0.717) is 18.1 Å². The Labute approximate surface area is 114 Å². The third-order valence-corrected chi connectivity index (χ3v) is 4.48. The molecule has 3 N–H and O–H groups in total. The number of methoxy groups -OCH3 is 1. The minimum Gasteiger partial charge on any atom is -0.496 e. The topological polar surface area (TPSA) is 56.5 Å². The van der Waals surface area contributed by atoms with E-state index in [9.17, 15) is 0 Å². The number of aryl methyl sites for hydroxylation is 1. The lowest BCUT2D eigenvalue weighted by Gasteiger charge is -2.29. The molecule has 0 saturated carbocycles. The maximum Gasteiger partial charge on any atom is 0.123 e. The van der Waals surface area contributed by atoms with Crippen LogP contribution in [0.4, 0.5) is 0 Å². The molecule has 3 rings (SSSR count). The highest BCUT2D eigenvalue weighted by molar-refractivity contribution is 5.39. The fraction of sp³-hybridized carbons (Fsp3) is 0.600. The lowest BCUT2D eigenvalue weighted by Crippen LogP contribution is -2.37. The first-order valence-electron chi connectivity index (χ1n) is 6.99. The van der Waals surface area contributed by atoms with E-state index >= 15 is 0 Å². The quantitative estimate of drug-likeness (QED) is 0.644. The lowest BCUT2D eigenvalue weighted by atomic mass is 9.81. The van der Waals surface area contributed by atoms with Crippen LogP contribution in [0.15, 0.2) is 18.2 Å². The molecule has 2 aliphatic rings. The zero-order chi connectivity index (χ0) is 13.4. The number of hydrogen-bond acceptors (Lipinski definition) is 4. The van der Waals surface area contributed by atoms with Crippen LogP contribution in [0.5, 0.6) is 5.75 Å². The van der Waals surface area contributed by atoms with Crippen LogP contribution in [0.1, 0.15) is 36.4 Å². The average Bonchev–Trinajstić information content (AvgIpc) is 3.03. The summed E-state index contributed by atoms with van der Waals surface area (Å²) in [6, 6.07) is 6.34. The van der Waals surface area contributed by atoms with Gasteiger partial charge in [-0.05, 0) is 32.3 Å². The van der Waals surface area contributed by atoms with Gasteiger partial charge in [0.15, 0.2) is 0 Å². The van der Waals surface area contributed by atoms with Crippen molar-refractivity contribution in [2.75, 3.05) is 7.11 Å². The Kier molecular flexibility index (Phi) is 3.48. The minimum absolute atomic E-state index is 0.102. The van der Waals surface area contributed by atoms with Crippen LogP contribution in [-0.2, 0) is 4.74 Å². The molecular formula is C15H22N2O2. The summed E-state index contributed by atoms with van der Waals surface area (Å²) in [7, 11) is 1.71. The van der Waals surface area contributed by atoms with Crippen molar-refractivity contribution in [2.24, 2.45) is 11.8 Å². The summed E-state index contributed by atoms with van der Waals surface area (Å²) < 4.78 is 11.4. The van der Waals surface area contributed by atoms with Gasteiger partial charge in [-0.1, -0.05) is 17.7 Å². The standard InChI is InChI=1S/C15H22N2O2/c1-9-3-5-13(18-2)11(7-9)15(17-16)12-8-10-4-6-14(12)19-10/h3,5,7,10,12,14-15,17H,4,6,8,16H2,1-2H3. The number of fused-ring (bicyclic) bond motifs is 2.